The summed E-state index contributed by atoms with van der Waals surface area (Å²) in [6.07, 6.45) is 5.05. The molecule has 2 unspecified atom stereocenters. The summed E-state index contributed by atoms with van der Waals surface area (Å²) in [6.45, 7) is 10.0. The maximum atomic E-state index is 12.1. The Morgan fingerprint density at radius 2 is 1.78 bits per heavy atom. The summed E-state index contributed by atoms with van der Waals surface area (Å²) in [5.74, 6) is 0.741. The lowest BCUT2D eigenvalue weighted by Crippen LogP contribution is -2.47. The first-order valence-corrected chi connectivity index (χ1v) is 8.92. The first-order valence-electron chi connectivity index (χ1n) is 8.92. The van der Waals surface area contributed by atoms with Crippen LogP contribution < -0.4 is 10.6 Å². The second-order valence-electron chi connectivity index (χ2n) is 8.01. The van der Waals surface area contributed by atoms with Crippen LogP contribution in [0, 0.1) is 18.3 Å². The number of carbonyl (C=O) groups excluding carboxylic acids is 1. The van der Waals surface area contributed by atoms with Gasteiger partial charge < -0.3 is 10.6 Å². The maximum Gasteiger partial charge on any atom is 0.234 e. The molecule has 0 aromatic heterocycles. The van der Waals surface area contributed by atoms with Crippen LogP contribution in [-0.4, -0.2) is 18.5 Å². The highest BCUT2D eigenvalue weighted by molar-refractivity contribution is 5.78. The molecule has 3 heteroatoms. The van der Waals surface area contributed by atoms with Crippen molar-refractivity contribution in [3.8, 4) is 0 Å². The van der Waals surface area contributed by atoms with E-state index in [0.29, 0.717) is 30.5 Å². The van der Waals surface area contributed by atoms with Gasteiger partial charge in [0, 0.05) is 12.6 Å². The fourth-order valence-corrected chi connectivity index (χ4v) is 3.60. The van der Waals surface area contributed by atoms with Crippen LogP contribution in [0.4, 0.5) is 0 Å². The highest BCUT2D eigenvalue weighted by Crippen LogP contribution is 2.37. The van der Waals surface area contributed by atoms with E-state index in [1.807, 2.05) is 0 Å². The van der Waals surface area contributed by atoms with Crippen molar-refractivity contribution in [1.82, 2.24) is 10.6 Å². The zero-order valence-electron chi connectivity index (χ0n) is 15.1. The van der Waals surface area contributed by atoms with Gasteiger partial charge in [-0.2, -0.15) is 0 Å². The summed E-state index contributed by atoms with van der Waals surface area (Å²) in [7, 11) is 0. The standard InChI is InChI=1S/C20H32N2O/c1-15-9-11-16(12-10-15)13-22-19(23)14-21-18-8-6-5-7-17(18)20(2,3)4/h9-12,17-18,21H,5-8,13-14H2,1-4H3,(H,22,23). The molecule has 0 aliphatic heterocycles. The monoisotopic (exact) mass is 316 g/mol. The lowest BCUT2D eigenvalue weighted by Gasteiger charge is -2.40. The van der Waals surface area contributed by atoms with Gasteiger partial charge in [0.1, 0.15) is 0 Å². The normalized spacial score (nSPS) is 21.9. The minimum atomic E-state index is 0.0869. The maximum absolute atomic E-state index is 12.1. The van der Waals surface area contributed by atoms with Crippen molar-refractivity contribution in [2.75, 3.05) is 6.54 Å². The zero-order valence-corrected chi connectivity index (χ0v) is 15.1. The molecule has 1 amide bonds. The van der Waals surface area contributed by atoms with Gasteiger partial charge in [-0.15, -0.1) is 0 Å². The van der Waals surface area contributed by atoms with Gasteiger partial charge in [-0.05, 0) is 36.7 Å². The van der Waals surface area contributed by atoms with Crippen LogP contribution >= 0.6 is 0 Å². The average Bonchev–Trinajstić information content (AvgIpc) is 2.52. The van der Waals surface area contributed by atoms with E-state index in [4.69, 9.17) is 0 Å². The predicted molar refractivity (Wildman–Crippen MR) is 96.2 cm³/mol. The number of carbonyl (C=O) groups is 1. The molecule has 0 bridgehead atoms. The molecular formula is C20H32N2O. The molecule has 0 saturated heterocycles. The third-order valence-corrected chi connectivity index (χ3v) is 5.01. The van der Waals surface area contributed by atoms with Gasteiger partial charge in [0.2, 0.25) is 5.91 Å². The quantitative estimate of drug-likeness (QED) is 0.867. The number of benzene rings is 1. The number of hydrogen-bond acceptors (Lipinski definition) is 2. The highest BCUT2D eigenvalue weighted by Gasteiger charge is 2.33. The molecule has 2 N–H and O–H groups in total. The number of nitrogens with one attached hydrogen (secondary N) is 2. The molecule has 128 valence electrons. The summed E-state index contributed by atoms with van der Waals surface area (Å²) in [5, 5.41) is 6.52. The molecule has 23 heavy (non-hydrogen) atoms. The lowest BCUT2D eigenvalue weighted by atomic mass is 9.69. The first-order chi connectivity index (χ1) is 10.9. The van der Waals surface area contributed by atoms with Crippen molar-refractivity contribution < 1.29 is 4.79 Å². The molecule has 1 aliphatic rings. The summed E-state index contributed by atoms with van der Waals surface area (Å²) in [4.78, 5) is 12.1. The van der Waals surface area contributed by atoms with Crippen molar-refractivity contribution in [3.05, 3.63) is 35.4 Å². The lowest BCUT2D eigenvalue weighted by molar-refractivity contribution is -0.120. The van der Waals surface area contributed by atoms with Gasteiger partial charge in [-0.1, -0.05) is 63.4 Å². The Balaban J connectivity index is 1.77. The fraction of sp³-hybridized carbons (Fsp3) is 0.650. The molecule has 0 spiro atoms. The van der Waals surface area contributed by atoms with E-state index < -0.39 is 0 Å². The fourth-order valence-electron chi connectivity index (χ4n) is 3.60. The van der Waals surface area contributed by atoms with E-state index >= 15 is 0 Å². The number of rotatable bonds is 5. The van der Waals surface area contributed by atoms with Crippen molar-refractivity contribution in [2.24, 2.45) is 11.3 Å². The van der Waals surface area contributed by atoms with Crippen LogP contribution in [0.5, 0.6) is 0 Å². The van der Waals surface area contributed by atoms with E-state index in [2.05, 4.69) is 62.6 Å². The Hall–Kier alpha value is -1.35. The topological polar surface area (TPSA) is 41.1 Å². The molecule has 2 atom stereocenters. The average molecular weight is 316 g/mol. The zero-order chi connectivity index (χ0) is 16.9. The molecule has 1 saturated carbocycles. The molecule has 1 aliphatic carbocycles. The largest absolute Gasteiger partial charge is 0.351 e. The summed E-state index contributed by atoms with van der Waals surface area (Å²) in [5.41, 5.74) is 2.69. The SMILES string of the molecule is Cc1ccc(CNC(=O)CNC2CCCCC2C(C)(C)C)cc1. The smallest absolute Gasteiger partial charge is 0.234 e. The summed E-state index contributed by atoms with van der Waals surface area (Å²) < 4.78 is 0. The highest BCUT2D eigenvalue weighted by atomic mass is 16.1. The molecule has 1 fully saturated rings. The molecule has 0 radical (unpaired) electrons. The third kappa shape index (κ3) is 5.65. The van der Waals surface area contributed by atoms with Gasteiger partial charge in [-0.25, -0.2) is 0 Å². The van der Waals surface area contributed by atoms with Crippen LogP contribution in [0.25, 0.3) is 0 Å². The van der Waals surface area contributed by atoms with E-state index in [1.54, 1.807) is 0 Å². The van der Waals surface area contributed by atoms with Crippen LogP contribution in [-0.2, 0) is 11.3 Å². The van der Waals surface area contributed by atoms with Gasteiger partial charge in [0.05, 0.1) is 6.54 Å². The van der Waals surface area contributed by atoms with Gasteiger partial charge >= 0.3 is 0 Å². The minimum absolute atomic E-state index is 0.0869. The molecular weight excluding hydrogens is 284 g/mol. The molecule has 1 aromatic rings. The van der Waals surface area contributed by atoms with Gasteiger partial charge in [-0.3, -0.25) is 4.79 Å². The number of hydrogen-bond donors (Lipinski definition) is 2. The van der Waals surface area contributed by atoms with Crippen molar-refractivity contribution in [2.45, 2.75) is 66.0 Å². The van der Waals surface area contributed by atoms with E-state index in [0.717, 1.165) is 5.56 Å². The van der Waals surface area contributed by atoms with Gasteiger partial charge in [0.15, 0.2) is 0 Å². The van der Waals surface area contributed by atoms with Gasteiger partial charge in [0.25, 0.3) is 0 Å². The second-order valence-corrected chi connectivity index (χ2v) is 8.01. The van der Waals surface area contributed by atoms with Crippen molar-refractivity contribution in [3.63, 3.8) is 0 Å². The van der Waals surface area contributed by atoms with Crippen LogP contribution in [0.15, 0.2) is 24.3 Å². The predicted octanol–water partition coefficient (Wildman–Crippen LogP) is 3.81. The number of aryl methyl sites for hydroxylation is 1. The summed E-state index contributed by atoms with van der Waals surface area (Å²) >= 11 is 0. The first kappa shape index (κ1) is 18.0. The Kier molecular flexibility index (Phi) is 6.23. The Morgan fingerprint density at radius 1 is 1.13 bits per heavy atom. The van der Waals surface area contributed by atoms with Crippen molar-refractivity contribution in [1.29, 1.82) is 0 Å². The second kappa shape index (κ2) is 7.96. The summed E-state index contributed by atoms with van der Waals surface area (Å²) in [6, 6.07) is 8.76. The molecule has 1 aromatic carbocycles. The number of amides is 1. The van der Waals surface area contributed by atoms with Crippen LogP contribution in [0.2, 0.25) is 0 Å². The minimum Gasteiger partial charge on any atom is -0.351 e. The molecule has 3 nitrogen and oxygen atoms in total. The van der Waals surface area contributed by atoms with E-state index in [-0.39, 0.29) is 5.91 Å². The Bertz CT molecular complexity index is 501. The van der Waals surface area contributed by atoms with E-state index in [1.165, 1.54) is 31.2 Å². The van der Waals surface area contributed by atoms with E-state index in [9.17, 15) is 4.79 Å². The van der Waals surface area contributed by atoms with Crippen LogP contribution in [0.3, 0.4) is 0 Å². The van der Waals surface area contributed by atoms with Crippen LogP contribution in [0.1, 0.15) is 57.6 Å². The Morgan fingerprint density at radius 3 is 2.43 bits per heavy atom. The molecule has 0 heterocycles. The molecule has 2 rings (SSSR count). The third-order valence-electron chi connectivity index (χ3n) is 5.01. The van der Waals surface area contributed by atoms with Crippen molar-refractivity contribution >= 4 is 5.91 Å². The Labute approximate surface area is 141 Å².